The maximum absolute atomic E-state index is 13.5. The van der Waals surface area contributed by atoms with Crippen LogP contribution in [0, 0.1) is 11.6 Å². The van der Waals surface area contributed by atoms with Gasteiger partial charge in [0.1, 0.15) is 29.7 Å². The van der Waals surface area contributed by atoms with Crippen molar-refractivity contribution in [2.75, 3.05) is 26.8 Å². The number of ether oxygens (including phenoxy) is 2. The Labute approximate surface area is 155 Å². The first-order valence-corrected chi connectivity index (χ1v) is 8.26. The third-order valence-corrected chi connectivity index (χ3v) is 3.55. The summed E-state index contributed by atoms with van der Waals surface area (Å²) in [5, 5.41) is 5.06. The third-order valence-electron chi connectivity index (χ3n) is 3.55. The van der Waals surface area contributed by atoms with Crippen molar-refractivity contribution in [3.63, 3.8) is 0 Å². The van der Waals surface area contributed by atoms with Crippen LogP contribution in [0.3, 0.4) is 0 Å². The number of halogens is 2. The monoisotopic (exact) mass is 378 g/mol. The van der Waals surface area contributed by atoms with E-state index in [2.05, 4.69) is 10.6 Å². The molecule has 27 heavy (non-hydrogen) atoms. The first-order valence-electron chi connectivity index (χ1n) is 8.26. The van der Waals surface area contributed by atoms with Gasteiger partial charge in [0.15, 0.2) is 0 Å². The normalized spacial score (nSPS) is 10.2. The molecule has 0 bridgehead atoms. The summed E-state index contributed by atoms with van der Waals surface area (Å²) < 4.78 is 36.9. The van der Waals surface area contributed by atoms with Gasteiger partial charge in [-0.1, -0.05) is 6.07 Å². The van der Waals surface area contributed by atoms with Gasteiger partial charge in [-0.2, -0.15) is 0 Å². The molecule has 0 radical (unpaired) electrons. The lowest BCUT2D eigenvalue weighted by atomic mass is 10.2. The van der Waals surface area contributed by atoms with E-state index in [1.54, 1.807) is 31.4 Å². The van der Waals surface area contributed by atoms with Crippen molar-refractivity contribution in [1.29, 1.82) is 0 Å². The van der Waals surface area contributed by atoms with Gasteiger partial charge in [-0.15, -0.1) is 0 Å². The Bertz CT molecular complexity index is 799. The van der Waals surface area contributed by atoms with Gasteiger partial charge in [-0.3, -0.25) is 9.59 Å². The van der Waals surface area contributed by atoms with Crippen molar-refractivity contribution in [3.05, 3.63) is 59.7 Å². The number of nitrogens with one attached hydrogen (secondary N) is 2. The Morgan fingerprint density at radius 3 is 2.52 bits per heavy atom. The standard InChI is InChI=1S/C19H20F2N2O4/c1-26-14-3-2-4-15(12-14)27-10-9-22-18(24)7-8-23-19(25)16-6-5-13(20)11-17(16)21/h2-6,11-12H,7-10H2,1H3,(H,22,24)(H,23,25). The van der Waals surface area contributed by atoms with Crippen LogP contribution in [0.4, 0.5) is 8.78 Å². The lowest BCUT2D eigenvalue weighted by molar-refractivity contribution is -0.121. The molecule has 0 aliphatic heterocycles. The number of amides is 2. The quantitative estimate of drug-likeness (QED) is 0.657. The zero-order chi connectivity index (χ0) is 19.6. The number of hydrogen-bond donors (Lipinski definition) is 2. The molecule has 6 nitrogen and oxygen atoms in total. The van der Waals surface area contributed by atoms with E-state index in [-0.39, 0.29) is 37.6 Å². The summed E-state index contributed by atoms with van der Waals surface area (Å²) >= 11 is 0. The maximum Gasteiger partial charge on any atom is 0.254 e. The molecule has 0 unspecified atom stereocenters. The van der Waals surface area contributed by atoms with Crippen molar-refractivity contribution in [1.82, 2.24) is 10.6 Å². The van der Waals surface area contributed by atoms with Crippen LogP contribution in [0.25, 0.3) is 0 Å². The molecule has 2 aromatic carbocycles. The lowest BCUT2D eigenvalue weighted by Crippen LogP contribution is -2.33. The van der Waals surface area contributed by atoms with Gasteiger partial charge in [0.2, 0.25) is 5.91 Å². The number of benzene rings is 2. The smallest absolute Gasteiger partial charge is 0.254 e. The minimum absolute atomic E-state index is 0.0215. The summed E-state index contributed by atoms with van der Waals surface area (Å²) in [6.07, 6.45) is 0.0215. The molecule has 0 spiro atoms. The average molecular weight is 378 g/mol. The van der Waals surface area contributed by atoms with E-state index in [1.165, 1.54) is 0 Å². The van der Waals surface area contributed by atoms with E-state index in [0.717, 1.165) is 12.1 Å². The summed E-state index contributed by atoms with van der Waals surface area (Å²) in [4.78, 5) is 23.5. The van der Waals surface area contributed by atoms with Crippen LogP contribution in [0.1, 0.15) is 16.8 Å². The van der Waals surface area contributed by atoms with Crippen LogP contribution in [-0.4, -0.2) is 38.6 Å². The number of rotatable bonds is 9. The molecule has 2 rings (SSSR count). The van der Waals surface area contributed by atoms with E-state index in [1.807, 2.05) is 0 Å². The van der Waals surface area contributed by atoms with Crippen molar-refractivity contribution in [2.45, 2.75) is 6.42 Å². The summed E-state index contributed by atoms with van der Waals surface area (Å²) in [6.45, 7) is 0.584. The SMILES string of the molecule is COc1cccc(OCCNC(=O)CCNC(=O)c2ccc(F)cc2F)c1. The average Bonchev–Trinajstić information content (AvgIpc) is 2.65. The van der Waals surface area contributed by atoms with Crippen LogP contribution < -0.4 is 20.1 Å². The molecule has 0 atom stereocenters. The number of methoxy groups -OCH3 is 1. The van der Waals surface area contributed by atoms with Crippen molar-refractivity contribution < 1.29 is 27.8 Å². The van der Waals surface area contributed by atoms with Crippen LogP contribution in [-0.2, 0) is 4.79 Å². The van der Waals surface area contributed by atoms with Gasteiger partial charge < -0.3 is 20.1 Å². The molecule has 0 aromatic heterocycles. The Morgan fingerprint density at radius 1 is 1.00 bits per heavy atom. The third kappa shape index (κ3) is 6.58. The van der Waals surface area contributed by atoms with Gasteiger partial charge in [0.05, 0.1) is 19.2 Å². The number of carbonyl (C=O) groups is 2. The van der Waals surface area contributed by atoms with Crippen LogP contribution in [0.2, 0.25) is 0 Å². The first kappa shape index (κ1) is 20.2. The second kappa shape index (κ2) is 10.1. The largest absolute Gasteiger partial charge is 0.497 e. The molecule has 144 valence electrons. The molecule has 8 heteroatoms. The first-order chi connectivity index (χ1) is 13.0. The zero-order valence-corrected chi connectivity index (χ0v) is 14.8. The highest BCUT2D eigenvalue weighted by Crippen LogP contribution is 2.18. The number of carbonyl (C=O) groups excluding carboxylic acids is 2. The van der Waals surface area contributed by atoms with E-state index >= 15 is 0 Å². The van der Waals surface area contributed by atoms with E-state index in [9.17, 15) is 18.4 Å². The molecule has 0 aliphatic rings. The van der Waals surface area contributed by atoms with Gasteiger partial charge in [-0.05, 0) is 24.3 Å². The molecule has 0 saturated heterocycles. The second-order valence-corrected chi connectivity index (χ2v) is 5.51. The van der Waals surface area contributed by atoms with Crippen LogP contribution in [0.15, 0.2) is 42.5 Å². The number of hydrogen-bond acceptors (Lipinski definition) is 4. The maximum atomic E-state index is 13.5. The summed E-state index contributed by atoms with van der Waals surface area (Å²) in [5.74, 6) is -1.42. The summed E-state index contributed by atoms with van der Waals surface area (Å²) in [7, 11) is 1.56. The van der Waals surface area contributed by atoms with Gasteiger partial charge >= 0.3 is 0 Å². The minimum atomic E-state index is -0.952. The highest BCUT2D eigenvalue weighted by Gasteiger charge is 2.12. The molecular formula is C19H20F2N2O4. The minimum Gasteiger partial charge on any atom is -0.497 e. The molecule has 2 N–H and O–H groups in total. The van der Waals surface area contributed by atoms with E-state index in [4.69, 9.17) is 9.47 Å². The van der Waals surface area contributed by atoms with Gasteiger partial charge in [0, 0.05) is 25.1 Å². The molecule has 0 aliphatic carbocycles. The molecule has 0 fully saturated rings. The predicted octanol–water partition coefficient (Wildman–Crippen LogP) is 2.29. The van der Waals surface area contributed by atoms with Crippen LogP contribution >= 0.6 is 0 Å². The van der Waals surface area contributed by atoms with Crippen LogP contribution in [0.5, 0.6) is 11.5 Å². The molecule has 0 heterocycles. The highest BCUT2D eigenvalue weighted by molar-refractivity contribution is 5.94. The van der Waals surface area contributed by atoms with E-state index < -0.39 is 17.5 Å². The molecule has 2 amide bonds. The van der Waals surface area contributed by atoms with Gasteiger partial charge in [0.25, 0.3) is 5.91 Å². The molecular weight excluding hydrogens is 358 g/mol. The topological polar surface area (TPSA) is 76.7 Å². The van der Waals surface area contributed by atoms with Crippen molar-refractivity contribution in [3.8, 4) is 11.5 Å². The Kier molecular flexibility index (Phi) is 7.54. The molecule has 0 saturated carbocycles. The molecule has 2 aromatic rings. The lowest BCUT2D eigenvalue weighted by Gasteiger charge is -2.09. The Hall–Kier alpha value is -3.16. The highest BCUT2D eigenvalue weighted by atomic mass is 19.1. The fourth-order valence-electron chi connectivity index (χ4n) is 2.20. The Balaban J connectivity index is 1.63. The fourth-order valence-corrected chi connectivity index (χ4v) is 2.20. The fraction of sp³-hybridized carbons (Fsp3) is 0.263. The summed E-state index contributed by atoms with van der Waals surface area (Å²) in [5.41, 5.74) is -0.275. The zero-order valence-electron chi connectivity index (χ0n) is 14.8. The Morgan fingerprint density at radius 2 is 1.78 bits per heavy atom. The van der Waals surface area contributed by atoms with E-state index in [0.29, 0.717) is 17.6 Å². The van der Waals surface area contributed by atoms with Gasteiger partial charge in [-0.25, -0.2) is 8.78 Å². The second-order valence-electron chi connectivity index (χ2n) is 5.51. The van der Waals surface area contributed by atoms with Crippen molar-refractivity contribution in [2.24, 2.45) is 0 Å². The predicted molar refractivity (Wildman–Crippen MR) is 94.8 cm³/mol. The summed E-state index contributed by atoms with van der Waals surface area (Å²) in [6, 6.07) is 9.76. The van der Waals surface area contributed by atoms with Crippen molar-refractivity contribution >= 4 is 11.8 Å².